The fraction of sp³-hybridized carbons (Fsp3) is 0.933. The number of ether oxygens (including phenoxy) is 1. The Morgan fingerprint density at radius 1 is 1.47 bits per heavy atom. The summed E-state index contributed by atoms with van der Waals surface area (Å²) >= 11 is 5.91. The molecule has 3 nitrogen and oxygen atoms in total. The van der Waals surface area contributed by atoms with Crippen LogP contribution in [0.4, 0.5) is 0 Å². The number of unbranched alkanes of at least 4 members (excludes halogenated alkanes) is 1. The number of nitrogens with zero attached hydrogens (tertiary/aromatic N) is 1. The number of carbonyl (C=O) groups is 1. The van der Waals surface area contributed by atoms with Crippen LogP contribution in [0.5, 0.6) is 0 Å². The molecule has 0 saturated carbocycles. The lowest BCUT2D eigenvalue weighted by Crippen LogP contribution is -2.56. The number of alkyl halides is 1. The minimum absolute atomic E-state index is 0.0435. The highest BCUT2D eigenvalue weighted by atomic mass is 35.5. The van der Waals surface area contributed by atoms with Crippen molar-refractivity contribution in [2.24, 2.45) is 5.92 Å². The van der Waals surface area contributed by atoms with E-state index in [1.807, 2.05) is 18.7 Å². The van der Waals surface area contributed by atoms with Crippen LogP contribution >= 0.6 is 11.6 Å². The molecule has 1 amide bonds. The highest BCUT2D eigenvalue weighted by Crippen LogP contribution is 2.25. The van der Waals surface area contributed by atoms with Gasteiger partial charge in [-0.2, -0.15) is 0 Å². The van der Waals surface area contributed by atoms with Gasteiger partial charge in [-0.15, -0.1) is 11.6 Å². The summed E-state index contributed by atoms with van der Waals surface area (Å²) in [6.07, 6.45) is 4.13. The van der Waals surface area contributed by atoms with Gasteiger partial charge in [-0.05, 0) is 26.7 Å². The molecule has 1 aliphatic heterocycles. The minimum Gasteiger partial charge on any atom is -0.367 e. The van der Waals surface area contributed by atoms with E-state index in [2.05, 4.69) is 13.8 Å². The Balaban J connectivity index is 2.68. The third kappa shape index (κ3) is 4.96. The number of morpholine rings is 1. The number of amides is 1. The smallest absolute Gasteiger partial charge is 0.225 e. The molecule has 0 aromatic rings. The third-order valence-electron chi connectivity index (χ3n) is 3.71. The van der Waals surface area contributed by atoms with Gasteiger partial charge in [0.2, 0.25) is 5.91 Å². The number of hydrogen-bond acceptors (Lipinski definition) is 2. The van der Waals surface area contributed by atoms with Crippen molar-refractivity contribution in [3.63, 3.8) is 0 Å². The van der Waals surface area contributed by atoms with E-state index in [1.165, 1.54) is 0 Å². The van der Waals surface area contributed by atoms with Crippen molar-refractivity contribution in [3.8, 4) is 0 Å². The molecule has 19 heavy (non-hydrogen) atoms. The lowest BCUT2D eigenvalue weighted by Gasteiger charge is -2.43. The van der Waals surface area contributed by atoms with Crippen LogP contribution in [0.15, 0.2) is 0 Å². The summed E-state index contributed by atoms with van der Waals surface area (Å²) in [5, 5.41) is 0. The Hall–Kier alpha value is -0.280. The average molecular weight is 290 g/mol. The maximum atomic E-state index is 12.6. The fourth-order valence-corrected chi connectivity index (χ4v) is 2.92. The van der Waals surface area contributed by atoms with Crippen molar-refractivity contribution in [1.29, 1.82) is 0 Å². The molecule has 0 aliphatic carbocycles. The van der Waals surface area contributed by atoms with Gasteiger partial charge in [-0.3, -0.25) is 4.79 Å². The molecule has 0 N–H and O–H groups in total. The number of carbonyl (C=O) groups excluding carboxylic acids is 1. The SMILES string of the molecule is CCCCC(CC)C(=O)N1CC(CCl)OC(C)(C)C1. The molecule has 112 valence electrons. The zero-order valence-electron chi connectivity index (χ0n) is 12.7. The van der Waals surface area contributed by atoms with Crippen LogP contribution in [0.3, 0.4) is 0 Å². The van der Waals surface area contributed by atoms with Crippen molar-refractivity contribution in [1.82, 2.24) is 4.90 Å². The number of halogens is 1. The highest BCUT2D eigenvalue weighted by Gasteiger charge is 2.36. The van der Waals surface area contributed by atoms with E-state index < -0.39 is 0 Å². The molecule has 1 fully saturated rings. The lowest BCUT2D eigenvalue weighted by molar-refractivity contribution is -0.161. The van der Waals surface area contributed by atoms with E-state index in [1.54, 1.807) is 0 Å². The number of rotatable bonds is 6. The molecular weight excluding hydrogens is 262 g/mol. The van der Waals surface area contributed by atoms with Crippen molar-refractivity contribution in [3.05, 3.63) is 0 Å². The van der Waals surface area contributed by atoms with Gasteiger partial charge in [0.1, 0.15) is 0 Å². The summed E-state index contributed by atoms with van der Waals surface area (Å²) in [4.78, 5) is 14.6. The molecule has 0 aromatic carbocycles. The first-order valence-corrected chi connectivity index (χ1v) is 7.99. The van der Waals surface area contributed by atoms with Crippen molar-refractivity contribution >= 4 is 17.5 Å². The van der Waals surface area contributed by atoms with Gasteiger partial charge in [0.05, 0.1) is 17.6 Å². The van der Waals surface area contributed by atoms with Gasteiger partial charge < -0.3 is 9.64 Å². The second kappa shape index (κ2) is 7.49. The summed E-state index contributed by atoms with van der Waals surface area (Å²) in [5.74, 6) is 0.881. The fourth-order valence-electron chi connectivity index (χ4n) is 2.75. The van der Waals surface area contributed by atoms with Gasteiger partial charge >= 0.3 is 0 Å². The molecule has 0 radical (unpaired) electrons. The first-order valence-electron chi connectivity index (χ1n) is 7.46. The highest BCUT2D eigenvalue weighted by molar-refractivity contribution is 6.18. The van der Waals surface area contributed by atoms with Gasteiger partial charge in [0.25, 0.3) is 0 Å². The molecular formula is C15H28ClNO2. The molecule has 2 unspecified atom stereocenters. The van der Waals surface area contributed by atoms with Gasteiger partial charge in [0.15, 0.2) is 0 Å². The zero-order valence-corrected chi connectivity index (χ0v) is 13.5. The second-order valence-corrected chi connectivity index (χ2v) is 6.43. The third-order valence-corrected chi connectivity index (χ3v) is 4.06. The van der Waals surface area contributed by atoms with Gasteiger partial charge in [-0.1, -0.05) is 26.7 Å². The second-order valence-electron chi connectivity index (χ2n) is 6.12. The molecule has 2 atom stereocenters. The Morgan fingerprint density at radius 2 is 2.16 bits per heavy atom. The summed E-state index contributed by atoms with van der Waals surface area (Å²) in [6.45, 7) is 9.62. The van der Waals surface area contributed by atoms with E-state index in [9.17, 15) is 4.79 Å². The van der Waals surface area contributed by atoms with Gasteiger partial charge in [-0.25, -0.2) is 0 Å². The largest absolute Gasteiger partial charge is 0.367 e. The summed E-state index contributed by atoms with van der Waals surface area (Å²) < 4.78 is 5.87. The van der Waals surface area contributed by atoms with Crippen LogP contribution < -0.4 is 0 Å². The molecule has 0 bridgehead atoms. The van der Waals surface area contributed by atoms with Gasteiger partial charge in [0, 0.05) is 19.0 Å². The quantitative estimate of drug-likeness (QED) is 0.701. The van der Waals surface area contributed by atoms with Crippen LogP contribution in [0.2, 0.25) is 0 Å². The van der Waals surface area contributed by atoms with E-state index in [4.69, 9.17) is 16.3 Å². The lowest BCUT2D eigenvalue weighted by atomic mass is 9.96. The summed E-state index contributed by atoms with van der Waals surface area (Å²) in [7, 11) is 0. The van der Waals surface area contributed by atoms with Crippen LogP contribution in [0.25, 0.3) is 0 Å². The Bertz CT molecular complexity index is 294. The van der Waals surface area contributed by atoms with Crippen LogP contribution in [-0.2, 0) is 9.53 Å². The molecule has 1 aliphatic rings. The van der Waals surface area contributed by atoms with E-state index in [0.29, 0.717) is 19.0 Å². The van der Waals surface area contributed by atoms with Crippen LogP contribution in [-0.4, -0.2) is 41.5 Å². The first-order chi connectivity index (χ1) is 8.93. The molecule has 0 aromatic heterocycles. The van der Waals surface area contributed by atoms with Crippen molar-refractivity contribution in [2.45, 2.75) is 65.1 Å². The van der Waals surface area contributed by atoms with E-state index in [-0.39, 0.29) is 23.5 Å². The molecule has 1 rings (SSSR count). The normalized spacial score (nSPS) is 24.3. The number of hydrogen-bond donors (Lipinski definition) is 0. The maximum absolute atomic E-state index is 12.6. The van der Waals surface area contributed by atoms with E-state index in [0.717, 1.165) is 25.7 Å². The monoisotopic (exact) mass is 289 g/mol. The Labute approximate surface area is 122 Å². The van der Waals surface area contributed by atoms with E-state index >= 15 is 0 Å². The molecule has 1 heterocycles. The molecule has 4 heteroatoms. The Morgan fingerprint density at radius 3 is 2.68 bits per heavy atom. The van der Waals surface area contributed by atoms with Crippen LogP contribution in [0, 0.1) is 5.92 Å². The minimum atomic E-state index is -0.295. The summed E-state index contributed by atoms with van der Waals surface area (Å²) in [5.41, 5.74) is -0.295. The predicted molar refractivity (Wildman–Crippen MR) is 79.6 cm³/mol. The zero-order chi connectivity index (χ0) is 14.5. The molecule has 1 saturated heterocycles. The topological polar surface area (TPSA) is 29.5 Å². The molecule has 0 spiro atoms. The van der Waals surface area contributed by atoms with Crippen molar-refractivity contribution in [2.75, 3.05) is 19.0 Å². The Kier molecular flexibility index (Phi) is 6.61. The predicted octanol–water partition coefficient (Wildman–Crippen LogP) is 3.45. The maximum Gasteiger partial charge on any atom is 0.225 e. The standard InChI is InChI=1S/C15H28ClNO2/c1-5-7-8-12(6-2)14(18)17-10-13(9-16)19-15(3,4)11-17/h12-13H,5-11H2,1-4H3. The average Bonchev–Trinajstić information content (AvgIpc) is 2.37. The first kappa shape index (κ1) is 16.8. The van der Waals surface area contributed by atoms with Crippen molar-refractivity contribution < 1.29 is 9.53 Å². The summed E-state index contributed by atoms with van der Waals surface area (Å²) in [6, 6.07) is 0. The van der Waals surface area contributed by atoms with Crippen LogP contribution in [0.1, 0.15) is 53.4 Å².